The van der Waals surface area contributed by atoms with Gasteiger partial charge in [0, 0.05) is 24.2 Å². The summed E-state index contributed by atoms with van der Waals surface area (Å²) in [5.41, 5.74) is 2.46. The number of aromatic nitrogens is 2. The van der Waals surface area contributed by atoms with Crippen molar-refractivity contribution in [3.8, 4) is 11.5 Å². The normalized spacial score (nSPS) is 17.1. The maximum Gasteiger partial charge on any atom is 0.152 e. The summed E-state index contributed by atoms with van der Waals surface area (Å²) in [6, 6.07) is 3.96. The fourth-order valence-corrected chi connectivity index (χ4v) is 3.02. The molecular weight excluding hydrogens is 264 g/mol. The predicted molar refractivity (Wildman–Crippen MR) is 83.0 cm³/mol. The Morgan fingerprint density at radius 2 is 2.19 bits per heavy atom. The standard InChI is InChI=1S/C16H24N4O/c1-12-5-6-14(21-12)15-13(10-18-19-15)9-17-11-16(20(2)3)7-4-8-16/h5-6,10,17H,4,7-9,11H2,1-3H3,(H,18,19). The maximum atomic E-state index is 5.68. The lowest BCUT2D eigenvalue weighted by Gasteiger charge is -2.47. The van der Waals surface area contributed by atoms with E-state index in [4.69, 9.17) is 4.42 Å². The molecule has 5 heteroatoms. The largest absolute Gasteiger partial charge is 0.460 e. The van der Waals surface area contributed by atoms with E-state index in [1.54, 1.807) is 0 Å². The SMILES string of the molecule is Cc1ccc(-c2[nH]ncc2CNCC2(N(C)C)CCC2)o1. The van der Waals surface area contributed by atoms with Crippen LogP contribution in [0.3, 0.4) is 0 Å². The van der Waals surface area contributed by atoms with Gasteiger partial charge >= 0.3 is 0 Å². The molecule has 2 aromatic rings. The van der Waals surface area contributed by atoms with Crippen LogP contribution in [0.15, 0.2) is 22.7 Å². The van der Waals surface area contributed by atoms with Gasteiger partial charge in [0.2, 0.25) is 0 Å². The highest BCUT2D eigenvalue weighted by Crippen LogP contribution is 2.35. The van der Waals surface area contributed by atoms with Crippen LogP contribution in [0.25, 0.3) is 11.5 Å². The third-order valence-corrected chi connectivity index (χ3v) is 4.71. The van der Waals surface area contributed by atoms with Crippen LogP contribution in [0.1, 0.15) is 30.6 Å². The first-order chi connectivity index (χ1) is 10.1. The highest BCUT2D eigenvalue weighted by Gasteiger charge is 2.38. The van der Waals surface area contributed by atoms with E-state index in [0.29, 0.717) is 5.54 Å². The number of hydrogen-bond acceptors (Lipinski definition) is 4. The van der Waals surface area contributed by atoms with E-state index in [1.807, 2.05) is 25.3 Å². The molecule has 1 aliphatic carbocycles. The molecule has 3 rings (SSSR count). The average Bonchev–Trinajstić information content (AvgIpc) is 3.00. The van der Waals surface area contributed by atoms with E-state index in [1.165, 1.54) is 19.3 Å². The minimum atomic E-state index is 0.338. The van der Waals surface area contributed by atoms with Crippen LogP contribution in [0.2, 0.25) is 0 Å². The molecule has 0 unspecified atom stereocenters. The molecule has 0 radical (unpaired) electrons. The quantitative estimate of drug-likeness (QED) is 0.857. The number of H-pyrrole nitrogens is 1. The lowest BCUT2D eigenvalue weighted by Crippen LogP contribution is -2.56. The molecule has 0 aliphatic heterocycles. The molecule has 2 aromatic heterocycles. The molecule has 1 aliphatic rings. The Kier molecular flexibility index (Phi) is 3.87. The van der Waals surface area contributed by atoms with Gasteiger partial charge in [0.1, 0.15) is 11.5 Å². The number of rotatable bonds is 6. The minimum Gasteiger partial charge on any atom is -0.460 e. The van der Waals surface area contributed by atoms with Crippen LogP contribution < -0.4 is 5.32 Å². The Labute approximate surface area is 125 Å². The molecule has 1 fully saturated rings. The van der Waals surface area contributed by atoms with Crippen LogP contribution in [0.5, 0.6) is 0 Å². The Hall–Kier alpha value is -1.59. The highest BCUT2D eigenvalue weighted by molar-refractivity contribution is 5.56. The fraction of sp³-hybridized carbons (Fsp3) is 0.562. The second-order valence-electron chi connectivity index (χ2n) is 6.26. The van der Waals surface area contributed by atoms with Gasteiger partial charge in [-0.15, -0.1) is 0 Å². The van der Waals surface area contributed by atoms with Crippen LogP contribution >= 0.6 is 0 Å². The maximum absolute atomic E-state index is 5.68. The summed E-state index contributed by atoms with van der Waals surface area (Å²) in [5, 5.41) is 10.8. The lowest BCUT2D eigenvalue weighted by molar-refractivity contribution is 0.0598. The minimum absolute atomic E-state index is 0.338. The van der Waals surface area contributed by atoms with Gasteiger partial charge in [-0.05, 0) is 52.4 Å². The Bertz CT molecular complexity index is 595. The number of nitrogens with zero attached hydrogens (tertiary/aromatic N) is 2. The van der Waals surface area contributed by atoms with Gasteiger partial charge in [0.15, 0.2) is 5.76 Å². The lowest BCUT2D eigenvalue weighted by atomic mass is 9.75. The third-order valence-electron chi connectivity index (χ3n) is 4.71. The van der Waals surface area contributed by atoms with Crippen LogP contribution in [0, 0.1) is 6.92 Å². The Balaban J connectivity index is 1.63. The second kappa shape index (κ2) is 5.66. The molecule has 21 heavy (non-hydrogen) atoms. The predicted octanol–water partition coefficient (Wildman–Crippen LogP) is 2.55. The summed E-state index contributed by atoms with van der Waals surface area (Å²) >= 11 is 0. The number of aryl methyl sites for hydroxylation is 1. The number of nitrogens with one attached hydrogen (secondary N) is 2. The van der Waals surface area contributed by atoms with E-state index in [0.717, 1.165) is 35.9 Å². The fourth-order valence-electron chi connectivity index (χ4n) is 3.02. The van der Waals surface area contributed by atoms with Crippen molar-refractivity contribution in [1.29, 1.82) is 0 Å². The van der Waals surface area contributed by atoms with Gasteiger partial charge in [0.25, 0.3) is 0 Å². The Morgan fingerprint density at radius 3 is 2.76 bits per heavy atom. The summed E-state index contributed by atoms with van der Waals surface area (Å²) in [6.45, 7) is 3.78. The van der Waals surface area contributed by atoms with Gasteiger partial charge in [-0.3, -0.25) is 5.10 Å². The van der Waals surface area contributed by atoms with Gasteiger partial charge in [0.05, 0.1) is 6.20 Å². The van der Waals surface area contributed by atoms with Gasteiger partial charge in [-0.2, -0.15) is 5.10 Å². The molecule has 5 nitrogen and oxygen atoms in total. The first-order valence-electron chi connectivity index (χ1n) is 7.58. The zero-order chi connectivity index (χ0) is 14.9. The molecule has 0 saturated heterocycles. The second-order valence-corrected chi connectivity index (χ2v) is 6.26. The highest BCUT2D eigenvalue weighted by atomic mass is 16.3. The van der Waals surface area contributed by atoms with Crippen molar-refractivity contribution in [2.45, 2.75) is 38.3 Å². The van der Waals surface area contributed by atoms with Crippen molar-refractivity contribution in [3.05, 3.63) is 29.7 Å². The number of likely N-dealkylation sites (N-methyl/N-ethyl adjacent to an activating group) is 1. The molecule has 0 aromatic carbocycles. The van der Waals surface area contributed by atoms with Gasteiger partial charge in [-0.1, -0.05) is 0 Å². The zero-order valence-corrected chi connectivity index (χ0v) is 13.1. The smallest absolute Gasteiger partial charge is 0.152 e. The topological polar surface area (TPSA) is 57.1 Å². The van der Waals surface area contributed by atoms with E-state index in [-0.39, 0.29) is 0 Å². The molecule has 0 spiro atoms. The third kappa shape index (κ3) is 2.76. The van der Waals surface area contributed by atoms with E-state index < -0.39 is 0 Å². The molecule has 114 valence electrons. The number of aromatic amines is 1. The van der Waals surface area contributed by atoms with Crippen molar-refractivity contribution >= 4 is 0 Å². The van der Waals surface area contributed by atoms with E-state index >= 15 is 0 Å². The molecule has 0 amide bonds. The summed E-state index contributed by atoms with van der Waals surface area (Å²) in [5.74, 6) is 1.77. The first-order valence-corrected chi connectivity index (χ1v) is 7.58. The van der Waals surface area contributed by atoms with Gasteiger partial charge in [-0.25, -0.2) is 0 Å². The van der Waals surface area contributed by atoms with Crippen molar-refractivity contribution < 1.29 is 4.42 Å². The van der Waals surface area contributed by atoms with Crippen LogP contribution in [0.4, 0.5) is 0 Å². The molecule has 0 bridgehead atoms. The average molecular weight is 288 g/mol. The molecule has 0 atom stereocenters. The molecular formula is C16H24N4O. The monoisotopic (exact) mass is 288 g/mol. The summed E-state index contributed by atoms with van der Waals surface area (Å²) in [6.07, 6.45) is 5.77. The first kappa shape index (κ1) is 14.4. The van der Waals surface area contributed by atoms with Gasteiger partial charge < -0.3 is 14.6 Å². The van der Waals surface area contributed by atoms with Crippen molar-refractivity contribution in [3.63, 3.8) is 0 Å². The summed E-state index contributed by atoms with van der Waals surface area (Å²) < 4.78 is 5.68. The number of hydrogen-bond donors (Lipinski definition) is 2. The molecule has 1 saturated carbocycles. The van der Waals surface area contributed by atoms with Crippen molar-refractivity contribution in [2.24, 2.45) is 0 Å². The van der Waals surface area contributed by atoms with Crippen molar-refractivity contribution in [2.75, 3.05) is 20.6 Å². The van der Waals surface area contributed by atoms with Crippen LogP contribution in [-0.2, 0) is 6.54 Å². The molecule has 2 N–H and O–H groups in total. The summed E-state index contributed by atoms with van der Waals surface area (Å²) in [7, 11) is 4.35. The Morgan fingerprint density at radius 1 is 1.38 bits per heavy atom. The van der Waals surface area contributed by atoms with E-state index in [2.05, 4.69) is 34.5 Å². The summed E-state index contributed by atoms with van der Waals surface area (Å²) in [4.78, 5) is 2.36. The van der Waals surface area contributed by atoms with Crippen molar-refractivity contribution in [1.82, 2.24) is 20.4 Å². The van der Waals surface area contributed by atoms with E-state index in [9.17, 15) is 0 Å². The zero-order valence-electron chi connectivity index (χ0n) is 13.1. The molecule has 2 heterocycles. The van der Waals surface area contributed by atoms with Crippen LogP contribution in [-0.4, -0.2) is 41.3 Å². The number of furan rings is 1.